The molecule has 1 unspecified atom stereocenters. The standard InChI is InChI=1S/C21H19NO5/c23-19-16-10-9-15(12-17(16)20(24)27-19)18-8-4-5-11-22(18)21(25)26-13-14-6-2-1-3-7-14/h1-3,6-7,9-10,12,18H,4-5,8,11,13H2. The van der Waals surface area contributed by atoms with Gasteiger partial charge in [-0.2, -0.15) is 0 Å². The van der Waals surface area contributed by atoms with Crippen LogP contribution in [-0.2, 0) is 16.1 Å². The second-order valence-electron chi connectivity index (χ2n) is 6.73. The van der Waals surface area contributed by atoms with Crippen LogP contribution in [0.3, 0.4) is 0 Å². The van der Waals surface area contributed by atoms with E-state index in [0.717, 1.165) is 30.4 Å². The number of amides is 1. The predicted molar refractivity (Wildman–Crippen MR) is 96.1 cm³/mol. The van der Waals surface area contributed by atoms with E-state index in [1.807, 2.05) is 30.3 Å². The van der Waals surface area contributed by atoms with E-state index in [4.69, 9.17) is 4.74 Å². The smallest absolute Gasteiger partial charge is 0.410 e. The fraction of sp³-hybridized carbons (Fsp3) is 0.286. The first-order chi connectivity index (χ1) is 13.1. The normalized spacial score (nSPS) is 18.8. The van der Waals surface area contributed by atoms with Gasteiger partial charge in [0.2, 0.25) is 0 Å². The van der Waals surface area contributed by atoms with Crippen molar-refractivity contribution in [2.24, 2.45) is 0 Å². The third-order valence-electron chi connectivity index (χ3n) is 5.00. The molecule has 2 heterocycles. The summed E-state index contributed by atoms with van der Waals surface area (Å²) in [7, 11) is 0. The number of likely N-dealkylation sites (tertiary alicyclic amines) is 1. The zero-order valence-corrected chi connectivity index (χ0v) is 14.7. The molecule has 4 rings (SSSR count). The number of carbonyl (C=O) groups is 3. The van der Waals surface area contributed by atoms with E-state index in [0.29, 0.717) is 6.54 Å². The number of hydrogen-bond donors (Lipinski definition) is 0. The molecule has 1 amide bonds. The van der Waals surface area contributed by atoms with Crippen molar-refractivity contribution in [3.8, 4) is 0 Å². The maximum Gasteiger partial charge on any atom is 0.410 e. The summed E-state index contributed by atoms with van der Waals surface area (Å²) in [5, 5.41) is 0. The summed E-state index contributed by atoms with van der Waals surface area (Å²) in [6.07, 6.45) is 2.29. The van der Waals surface area contributed by atoms with Crippen molar-refractivity contribution in [3.05, 3.63) is 70.8 Å². The molecule has 0 radical (unpaired) electrons. The molecule has 2 aromatic carbocycles. The van der Waals surface area contributed by atoms with Crippen LogP contribution in [0.4, 0.5) is 4.79 Å². The van der Waals surface area contributed by atoms with Crippen LogP contribution in [0.15, 0.2) is 48.5 Å². The number of fused-ring (bicyclic) bond motifs is 1. The molecular formula is C21H19NO5. The van der Waals surface area contributed by atoms with Gasteiger partial charge in [0.1, 0.15) is 6.61 Å². The van der Waals surface area contributed by atoms with Gasteiger partial charge in [-0.15, -0.1) is 0 Å². The molecule has 6 nitrogen and oxygen atoms in total. The molecule has 0 aromatic heterocycles. The Kier molecular flexibility index (Phi) is 4.62. The van der Waals surface area contributed by atoms with E-state index in [-0.39, 0.29) is 29.9 Å². The Bertz CT molecular complexity index is 893. The molecule has 6 heteroatoms. The number of cyclic esters (lactones) is 2. The third kappa shape index (κ3) is 3.43. The van der Waals surface area contributed by atoms with Crippen molar-refractivity contribution in [1.82, 2.24) is 4.90 Å². The molecule has 2 aliphatic rings. The highest BCUT2D eigenvalue weighted by atomic mass is 16.6. The van der Waals surface area contributed by atoms with Gasteiger partial charge in [0.05, 0.1) is 17.2 Å². The van der Waals surface area contributed by atoms with Crippen LogP contribution in [0, 0.1) is 0 Å². The molecule has 0 N–H and O–H groups in total. The number of ether oxygens (including phenoxy) is 2. The lowest BCUT2D eigenvalue weighted by atomic mass is 9.93. The van der Waals surface area contributed by atoms with E-state index in [1.54, 1.807) is 23.1 Å². The lowest BCUT2D eigenvalue weighted by molar-refractivity contribution is 0.0443. The minimum atomic E-state index is -0.633. The second-order valence-corrected chi connectivity index (χ2v) is 6.73. The van der Waals surface area contributed by atoms with Gasteiger partial charge in [-0.25, -0.2) is 14.4 Å². The Labute approximate surface area is 156 Å². The highest BCUT2D eigenvalue weighted by Crippen LogP contribution is 2.34. The van der Waals surface area contributed by atoms with Crippen LogP contribution in [0.2, 0.25) is 0 Å². The van der Waals surface area contributed by atoms with E-state index in [1.165, 1.54) is 0 Å². The summed E-state index contributed by atoms with van der Waals surface area (Å²) in [5.41, 5.74) is 2.29. The number of nitrogens with zero attached hydrogens (tertiary/aromatic N) is 1. The summed E-state index contributed by atoms with van der Waals surface area (Å²) in [6.45, 7) is 0.812. The number of esters is 2. The lowest BCUT2D eigenvalue weighted by Gasteiger charge is -2.35. The molecule has 2 aliphatic heterocycles. The number of carbonyl (C=O) groups excluding carboxylic acids is 3. The topological polar surface area (TPSA) is 72.9 Å². The van der Waals surface area contributed by atoms with Crippen LogP contribution in [-0.4, -0.2) is 29.5 Å². The van der Waals surface area contributed by atoms with Gasteiger partial charge < -0.3 is 14.4 Å². The van der Waals surface area contributed by atoms with Crippen molar-refractivity contribution in [1.29, 1.82) is 0 Å². The van der Waals surface area contributed by atoms with Gasteiger partial charge in [-0.1, -0.05) is 36.4 Å². The van der Waals surface area contributed by atoms with Crippen LogP contribution in [0.1, 0.15) is 57.1 Å². The maximum absolute atomic E-state index is 12.7. The van der Waals surface area contributed by atoms with Crippen LogP contribution >= 0.6 is 0 Å². The monoisotopic (exact) mass is 365 g/mol. The average molecular weight is 365 g/mol. The summed E-state index contributed by atoms with van der Waals surface area (Å²) < 4.78 is 10.1. The van der Waals surface area contributed by atoms with Gasteiger partial charge in [0.15, 0.2) is 0 Å². The Morgan fingerprint density at radius 2 is 1.81 bits per heavy atom. The highest BCUT2D eigenvalue weighted by molar-refractivity contribution is 6.14. The number of rotatable bonds is 3. The SMILES string of the molecule is O=C1OC(=O)c2cc(C3CCCCN3C(=O)OCc3ccccc3)ccc21. The molecule has 1 saturated heterocycles. The van der Waals surface area contributed by atoms with Crippen molar-refractivity contribution in [3.63, 3.8) is 0 Å². The molecule has 0 spiro atoms. The van der Waals surface area contributed by atoms with Crippen molar-refractivity contribution in [2.75, 3.05) is 6.54 Å². The third-order valence-corrected chi connectivity index (χ3v) is 5.00. The van der Waals surface area contributed by atoms with E-state index in [2.05, 4.69) is 4.74 Å². The summed E-state index contributed by atoms with van der Waals surface area (Å²) >= 11 is 0. The highest BCUT2D eigenvalue weighted by Gasteiger charge is 2.33. The first-order valence-corrected chi connectivity index (χ1v) is 9.01. The van der Waals surface area contributed by atoms with Crippen LogP contribution in [0.5, 0.6) is 0 Å². The molecule has 2 aromatic rings. The van der Waals surface area contributed by atoms with Crippen molar-refractivity contribution < 1.29 is 23.9 Å². The van der Waals surface area contributed by atoms with Crippen LogP contribution in [0.25, 0.3) is 0 Å². The minimum absolute atomic E-state index is 0.184. The fourth-order valence-electron chi connectivity index (χ4n) is 3.61. The first kappa shape index (κ1) is 17.3. The molecule has 1 atom stereocenters. The fourth-order valence-corrected chi connectivity index (χ4v) is 3.61. The molecule has 0 saturated carbocycles. The Balaban J connectivity index is 1.52. The number of hydrogen-bond acceptors (Lipinski definition) is 5. The predicted octanol–water partition coefficient (Wildman–Crippen LogP) is 3.86. The van der Waals surface area contributed by atoms with Crippen molar-refractivity contribution >= 4 is 18.0 Å². The zero-order valence-electron chi connectivity index (χ0n) is 14.7. The summed E-state index contributed by atoms with van der Waals surface area (Å²) in [5.74, 6) is -1.25. The van der Waals surface area contributed by atoms with Gasteiger partial charge in [-0.05, 0) is 42.5 Å². The summed E-state index contributed by atoms with van der Waals surface area (Å²) in [6, 6.07) is 14.4. The minimum Gasteiger partial charge on any atom is -0.445 e. The second kappa shape index (κ2) is 7.23. The Hall–Kier alpha value is -3.15. The number of piperidine rings is 1. The van der Waals surface area contributed by atoms with Crippen LogP contribution < -0.4 is 0 Å². The maximum atomic E-state index is 12.7. The van der Waals surface area contributed by atoms with Gasteiger partial charge in [0, 0.05) is 6.54 Å². The Morgan fingerprint density at radius 1 is 1.04 bits per heavy atom. The molecular weight excluding hydrogens is 346 g/mol. The van der Waals surface area contributed by atoms with Crippen molar-refractivity contribution in [2.45, 2.75) is 31.9 Å². The lowest BCUT2D eigenvalue weighted by Crippen LogP contribution is -2.38. The van der Waals surface area contributed by atoms with Gasteiger partial charge in [0.25, 0.3) is 0 Å². The molecule has 27 heavy (non-hydrogen) atoms. The molecule has 0 aliphatic carbocycles. The van der Waals surface area contributed by atoms with E-state index < -0.39 is 11.9 Å². The average Bonchev–Trinajstić information content (AvgIpc) is 3.00. The molecule has 1 fully saturated rings. The Morgan fingerprint density at radius 3 is 2.63 bits per heavy atom. The first-order valence-electron chi connectivity index (χ1n) is 9.01. The molecule has 0 bridgehead atoms. The van der Waals surface area contributed by atoms with Gasteiger partial charge in [-0.3, -0.25) is 0 Å². The van der Waals surface area contributed by atoms with Gasteiger partial charge >= 0.3 is 18.0 Å². The van der Waals surface area contributed by atoms with E-state index in [9.17, 15) is 14.4 Å². The number of benzene rings is 2. The largest absolute Gasteiger partial charge is 0.445 e. The summed E-state index contributed by atoms with van der Waals surface area (Å²) in [4.78, 5) is 37.8. The zero-order chi connectivity index (χ0) is 18.8. The quantitative estimate of drug-likeness (QED) is 0.610. The molecule has 138 valence electrons. The van der Waals surface area contributed by atoms with E-state index >= 15 is 0 Å².